The second-order valence-corrected chi connectivity index (χ2v) is 7.18. The van der Waals surface area contributed by atoms with Crippen molar-refractivity contribution in [1.29, 1.82) is 0 Å². The summed E-state index contributed by atoms with van der Waals surface area (Å²) in [6.45, 7) is 0.558. The fraction of sp³-hybridized carbons (Fsp3) is 0.190. The van der Waals surface area contributed by atoms with Gasteiger partial charge in [0, 0.05) is 23.6 Å². The number of nitrogens with one attached hydrogen (secondary N) is 1. The van der Waals surface area contributed by atoms with E-state index in [1.807, 2.05) is 6.07 Å². The van der Waals surface area contributed by atoms with Gasteiger partial charge in [0.25, 0.3) is 0 Å². The number of amides is 1. The van der Waals surface area contributed by atoms with Crippen molar-refractivity contribution in [1.82, 2.24) is 14.9 Å². The number of hydrogen-bond acceptors (Lipinski definition) is 5. The summed E-state index contributed by atoms with van der Waals surface area (Å²) in [5, 5.41) is 1.54. The third-order valence-electron chi connectivity index (χ3n) is 5.12. The van der Waals surface area contributed by atoms with Crippen LogP contribution in [0.1, 0.15) is 22.5 Å². The fourth-order valence-electron chi connectivity index (χ4n) is 3.86. The lowest BCUT2D eigenvalue weighted by atomic mass is 10.0. The molecule has 1 aliphatic carbocycles. The second kappa shape index (κ2) is 6.72. The summed E-state index contributed by atoms with van der Waals surface area (Å²) in [5.74, 6) is 0.986. The molecule has 1 aromatic heterocycles. The molecule has 152 valence electrons. The maximum Gasteiger partial charge on any atom is 0.482 e. The van der Waals surface area contributed by atoms with Crippen LogP contribution in [0.4, 0.5) is 23.7 Å². The molecule has 30 heavy (non-hydrogen) atoms. The first kappa shape index (κ1) is 18.4. The van der Waals surface area contributed by atoms with Crippen LogP contribution in [0, 0.1) is 0 Å². The van der Waals surface area contributed by atoms with Crippen molar-refractivity contribution in [2.75, 3.05) is 5.32 Å². The first-order chi connectivity index (χ1) is 14.4. The Hall–Kier alpha value is -3.62. The zero-order valence-electron chi connectivity index (χ0n) is 15.5. The molecule has 2 heterocycles. The lowest BCUT2D eigenvalue weighted by Crippen LogP contribution is -2.37. The Morgan fingerprint density at radius 2 is 1.80 bits per heavy atom. The number of nitrogens with zero attached hydrogens (tertiary/aromatic N) is 3. The molecule has 5 rings (SSSR count). The number of ether oxygens (including phenoxy) is 1. The lowest BCUT2D eigenvalue weighted by molar-refractivity contribution is -0.0999. The highest BCUT2D eigenvalue weighted by Crippen LogP contribution is 2.42. The van der Waals surface area contributed by atoms with E-state index >= 15 is 0 Å². The smallest absolute Gasteiger partial charge is 0.410 e. The molecule has 1 N–H and O–H groups in total. The summed E-state index contributed by atoms with van der Waals surface area (Å²) >= 11 is 0. The first-order valence-electron chi connectivity index (χ1n) is 9.22. The molecule has 0 unspecified atom stereocenters. The molecular weight excluding hydrogens is 397 g/mol. The van der Waals surface area contributed by atoms with Crippen molar-refractivity contribution in [3.63, 3.8) is 0 Å². The van der Waals surface area contributed by atoms with Crippen LogP contribution in [0.3, 0.4) is 0 Å². The molecule has 1 aliphatic heterocycles. The number of carbonyl (C=O) groups is 1. The third-order valence-corrected chi connectivity index (χ3v) is 5.12. The number of anilines is 1. The minimum atomic E-state index is -4.49. The number of rotatable bonds is 3. The normalized spacial score (nSPS) is 14.6. The van der Waals surface area contributed by atoms with Crippen LogP contribution in [0.2, 0.25) is 0 Å². The lowest BCUT2D eigenvalue weighted by Gasteiger charge is -2.28. The van der Waals surface area contributed by atoms with Gasteiger partial charge in [-0.25, -0.2) is 14.8 Å². The van der Waals surface area contributed by atoms with Crippen LogP contribution >= 0.6 is 0 Å². The molecule has 3 aromatic rings. The molecule has 0 spiro atoms. The monoisotopic (exact) mass is 412 g/mol. The van der Waals surface area contributed by atoms with E-state index in [9.17, 15) is 18.0 Å². The molecule has 0 atom stereocenters. The number of aromatic nitrogens is 2. The molecule has 0 fully saturated rings. The average molecular weight is 412 g/mol. The van der Waals surface area contributed by atoms with Crippen molar-refractivity contribution in [2.24, 2.45) is 0 Å². The minimum Gasteiger partial charge on any atom is -0.410 e. The van der Waals surface area contributed by atoms with Gasteiger partial charge in [-0.2, -0.15) is 13.2 Å². The number of carbonyl (C=O) groups excluding carboxylic acids is 1. The molecule has 0 radical (unpaired) electrons. The number of hydrogen-bond donors (Lipinski definition) is 1. The predicted octanol–water partition coefficient (Wildman–Crippen LogP) is 4.49. The van der Waals surface area contributed by atoms with Gasteiger partial charge in [-0.05, 0) is 59.0 Å². The fourth-order valence-corrected chi connectivity index (χ4v) is 3.86. The maximum absolute atomic E-state index is 12.6. The van der Waals surface area contributed by atoms with Gasteiger partial charge in [-0.1, -0.05) is 6.07 Å². The van der Waals surface area contributed by atoms with Crippen LogP contribution in [-0.4, -0.2) is 27.3 Å². The van der Waals surface area contributed by atoms with Crippen molar-refractivity contribution in [2.45, 2.75) is 25.8 Å². The van der Waals surface area contributed by atoms with Gasteiger partial charge in [0.1, 0.15) is 11.6 Å². The average Bonchev–Trinajstić information content (AvgIpc) is 3.03. The summed E-state index contributed by atoms with van der Waals surface area (Å²) in [4.78, 5) is 22.2. The van der Waals surface area contributed by atoms with Crippen molar-refractivity contribution >= 4 is 11.8 Å². The Morgan fingerprint density at radius 3 is 2.57 bits per heavy atom. The summed E-state index contributed by atoms with van der Waals surface area (Å²) in [5.41, 5.74) is 4.36. The highest BCUT2D eigenvalue weighted by Gasteiger charge is 2.30. The largest absolute Gasteiger partial charge is 0.482 e. The molecule has 0 saturated carbocycles. The summed E-state index contributed by atoms with van der Waals surface area (Å²) in [7, 11) is 0. The van der Waals surface area contributed by atoms with Crippen molar-refractivity contribution in [3.8, 4) is 16.9 Å². The molecule has 6 nitrogen and oxygen atoms in total. The van der Waals surface area contributed by atoms with E-state index in [1.54, 1.807) is 30.6 Å². The van der Waals surface area contributed by atoms with Gasteiger partial charge in [0.15, 0.2) is 0 Å². The van der Waals surface area contributed by atoms with Crippen molar-refractivity contribution < 1.29 is 22.7 Å². The maximum atomic E-state index is 12.6. The Morgan fingerprint density at radius 1 is 1.03 bits per heavy atom. The number of benzene rings is 2. The van der Waals surface area contributed by atoms with Crippen molar-refractivity contribution in [3.05, 3.63) is 71.3 Å². The van der Waals surface area contributed by atoms with Gasteiger partial charge >= 0.3 is 12.4 Å². The first-order valence-corrected chi connectivity index (χ1v) is 9.22. The molecule has 1 amide bonds. The Bertz CT molecular complexity index is 1150. The van der Waals surface area contributed by atoms with Gasteiger partial charge in [-0.3, -0.25) is 10.2 Å². The van der Waals surface area contributed by atoms with Crippen LogP contribution in [-0.2, 0) is 19.5 Å². The Balaban J connectivity index is 1.43. The van der Waals surface area contributed by atoms with E-state index < -0.39 is 12.4 Å². The molecule has 9 heteroatoms. The summed E-state index contributed by atoms with van der Waals surface area (Å²) in [6, 6.07) is 10.1. The molecule has 2 aromatic carbocycles. The molecule has 0 saturated heterocycles. The van der Waals surface area contributed by atoms with Crippen LogP contribution in [0.25, 0.3) is 11.1 Å². The number of halogens is 3. The zero-order valence-corrected chi connectivity index (χ0v) is 15.5. The van der Waals surface area contributed by atoms with Gasteiger partial charge in [0.05, 0.1) is 13.1 Å². The zero-order chi connectivity index (χ0) is 20.9. The highest BCUT2D eigenvalue weighted by molar-refractivity contribution is 5.82. The van der Waals surface area contributed by atoms with E-state index in [0.29, 0.717) is 24.5 Å². The SMILES string of the molecule is O=C1Oc2cc3c(cc2CN1Cc1ncccn1)-c1ccc(NC(F)(F)F)cc1C3. The van der Waals surface area contributed by atoms with Gasteiger partial charge in [0.2, 0.25) is 0 Å². The van der Waals surface area contributed by atoms with Gasteiger partial charge < -0.3 is 4.74 Å². The van der Waals surface area contributed by atoms with Crippen LogP contribution in [0.5, 0.6) is 5.75 Å². The van der Waals surface area contributed by atoms with E-state index in [-0.39, 0.29) is 12.2 Å². The molecular formula is C21H15F3N4O2. The predicted molar refractivity (Wildman–Crippen MR) is 102 cm³/mol. The Kier molecular flexibility index (Phi) is 4.12. The molecule has 0 bridgehead atoms. The van der Waals surface area contributed by atoms with E-state index in [1.165, 1.54) is 22.3 Å². The van der Waals surface area contributed by atoms with E-state index in [0.717, 1.165) is 27.8 Å². The standard InChI is InChI=1S/C21H15F3N4O2/c22-21(23,24)27-15-2-3-16-12(7-15)6-13-9-18-14(8-17(13)16)10-28(20(29)30-18)11-19-25-4-1-5-26-19/h1-5,7-9,27H,6,10-11H2. The summed E-state index contributed by atoms with van der Waals surface area (Å²) in [6.07, 6.45) is -1.28. The quantitative estimate of drug-likeness (QED) is 0.502. The second-order valence-electron chi connectivity index (χ2n) is 7.18. The highest BCUT2D eigenvalue weighted by atomic mass is 19.4. The summed E-state index contributed by atoms with van der Waals surface area (Å²) < 4.78 is 43.4. The van der Waals surface area contributed by atoms with E-state index in [4.69, 9.17) is 4.74 Å². The Labute approximate surface area is 169 Å². The van der Waals surface area contributed by atoms with Gasteiger partial charge in [-0.15, -0.1) is 0 Å². The third kappa shape index (κ3) is 3.42. The molecule has 2 aliphatic rings. The topological polar surface area (TPSA) is 67.3 Å². The number of alkyl halides is 3. The van der Waals surface area contributed by atoms with E-state index in [2.05, 4.69) is 9.97 Å². The van der Waals surface area contributed by atoms with Crippen LogP contribution < -0.4 is 10.1 Å². The number of fused-ring (bicyclic) bond motifs is 4. The minimum absolute atomic E-state index is 0.000663. The van der Waals surface area contributed by atoms with Crippen LogP contribution in [0.15, 0.2) is 48.8 Å².